The van der Waals surface area contributed by atoms with Crippen molar-refractivity contribution in [1.29, 1.82) is 0 Å². The molecule has 0 spiro atoms. The number of thiophene rings is 1. The summed E-state index contributed by atoms with van der Waals surface area (Å²) in [6.45, 7) is 9.62. The number of hydrogen-bond donors (Lipinski definition) is 1. The summed E-state index contributed by atoms with van der Waals surface area (Å²) in [5, 5.41) is 3.01. The second-order valence-electron chi connectivity index (χ2n) is 7.04. The summed E-state index contributed by atoms with van der Waals surface area (Å²) in [4.78, 5) is 33.3. The molecule has 3 heterocycles. The van der Waals surface area contributed by atoms with Crippen LogP contribution in [0.1, 0.15) is 16.7 Å². The molecule has 0 atom stereocenters. The Morgan fingerprint density at radius 2 is 1.63 bits per heavy atom. The Bertz CT molecular complexity index is 622. The van der Waals surface area contributed by atoms with Crippen molar-refractivity contribution in [2.24, 2.45) is 0 Å². The minimum absolute atomic E-state index is 0.0688. The predicted molar refractivity (Wildman–Crippen MR) is 106 cm³/mol. The quantitative estimate of drug-likeness (QED) is 0.725. The van der Waals surface area contributed by atoms with Gasteiger partial charge in [-0.15, -0.1) is 11.3 Å². The number of aryl methyl sites for hydroxylation is 1. The highest BCUT2D eigenvalue weighted by Crippen LogP contribution is 2.16. The average molecular weight is 395 g/mol. The fourth-order valence-electron chi connectivity index (χ4n) is 3.36. The molecule has 0 aromatic carbocycles. The molecule has 0 aliphatic carbocycles. The van der Waals surface area contributed by atoms with E-state index in [0.29, 0.717) is 45.9 Å². The SMILES string of the molecule is CCc1ccc(CNC(=O)CN2CCN(CC(=O)N3CCOCC3)CC2)s1. The van der Waals surface area contributed by atoms with Crippen LogP contribution in [0.25, 0.3) is 0 Å². The highest BCUT2D eigenvalue weighted by molar-refractivity contribution is 7.11. The number of piperazine rings is 1. The van der Waals surface area contributed by atoms with Gasteiger partial charge in [0.1, 0.15) is 0 Å². The Morgan fingerprint density at radius 1 is 1.00 bits per heavy atom. The number of hydrogen-bond acceptors (Lipinski definition) is 6. The lowest BCUT2D eigenvalue weighted by Crippen LogP contribution is -2.52. The smallest absolute Gasteiger partial charge is 0.236 e. The molecule has 0 unspecified atom stereocenters. The number of rotatable bonds is 7. The molecular formula is C19H30N4O3S. The van der Waals surface area contributed by atoms with Crippen molar-refractivity contribution in [3.05, 3.63) is 21.9 Å². The molecule has 2 saturated heterocycles. The summed E-state index contributed by atoms with van der Waals surface area (Å²) in [5.74, 6) is 0.256. The molecule has 27 heavy (non-hydrogen) atoms. The molecule has 150 valence electrons. The topological polar surface area (TPSA) is 65.1 Å². The van der Waals surface area contributed by atoms with Crippen LogP contribution >= 0.6 is 11.3 Å². The van der Waals surface area contributed by atoms with Crippen LogP contribution in [0.4, 0.5) is 0 Å². The molecule has 0 radical (unpaired) electrons. The third-order valence-electron chi connectivity index (χ3n) is 5.08. The second kappa shape index (κ2) is 10.2. The van der Waals surface area contributed by atoms with Gasteiger partial charge in [-0.05, 0) is 18.6 Å². The van der Waals surface area contributed by atoms with Crippen LogP contribution in [-0.2, 0) is 27.3 Å². The minimum atomic E-state index is 0.0688. The van der Waals surface area contributed by atoms with Gasteiger partial charge in [0, 0.05) is 49.0 Å². The fraction of sp³-hybridized carbons (Fsp3) is 0.684. The molecule has 3 rings (SSSR count). The van der Waals surface area contributed by atoms with Crippen LogP contribution in [0, 0.1) is 0 Å². The zero-order chi connectivity index (χ0) is 19.1. The summed E-state index contributed by atoms with van der Waals surface area (Å²) in [7, 11) is 0. The van der Waals surface area contributed by atoms with E-state index in [2.05, 4.69) is 34.2 Å². The van der Waals surface area contributed by atoms with E-state index in [-0.39, 0.29) is 11.8 Å². The first-order valence-corrected chi connectivity index (χ1v) is 10.6. The summed E-state index contributed by atoms with van der Waals surface area (Å²) < 4.78 is 5.29. The van der Waals surface area contributed by atoms with Crippen molar-refractivity contribution >= 4 is 23.2 Å². The largest absolute Gasteiger partial charge is 0.378 e. The third-order valence-corrected chi connectivity index (χ3v) is 6.31. The molecule has 2 aliphatic heterocycles. The maximum Gasteiger partial charge on any atom is 0.236 e. The van der Waals surface area contributed by atoms with Gasteiger partial charge in [0.2, 0.25) is 11.8 Å². The zero-order valence-electron chi connectivity index (χ0n) is 16.1. The first-order valence-electron chi connectivity index (χ1n) is 9.78. The monoisotopic (exact) mass is 394 g/mol. The molecule has 2 fully saturated rings. The Morgan fingerprint density at radius 3 is 2.26 bits per heavy atom. The van der Waals surface area contributed by atoms with Crippen molar-refractivity contribution in [3.63, 3.8) is 0 Å². The van der Waals surface area contributed by atoms with E-state index in [1.165, 1.54) is 9.75 Å². The number of carbonyl (C=O) groups excluding carboxylic acids is 2. The zero-order valence-corrected chi connectivity index (χ0v) is 16.9. The van der Waals surface area contributed by atoms with Crippen molar-refractivity contribution in [2.75, 3.05) is 65.6 Å². The molecular weight excluding hydrogens is 364 g/mol. The summed E-state index contributed by atoms with van der Waals surface area (Å²) in [5.41, 5.74) is 0. The number of nitrogens with zero attached hydrogens (tertiary/aromatic N) is 3. The summed E-state index contributed by atoms with van der Waals surface area (Å²) in [6.07, 6.45) is 1.04. The predicted octanol–water partition coefficient (Wildman–Crippen LogP) is 0.403. The van der Waals surface area contributed by atoms with Crippen molar-refractivity contribution in [2.45, 2.75) is 19.9 Å². The minimum Gasteiger partial charge on any atom is -0.378 e. The normalized spacial score (nSPS) is 19.2. The fourth-order valence-corrected chi connectivity index (χ4v) is 4.26. The van der Waals surface area contributed by atoms with E-state index in [4.69, 9.17) is 4.74 Å². The van der Waals surface area contributed by atoms with Gasteiger partial charge in [0.25, 0.3) is 0 Å². The standard InChI is InChI=1S/C19H30N4O3S/c1-2-16-3-4-17(27-16)13-20-18(24)14-21-5-7-22(8-6-21)15-19(25)23-9-11-26-12-10-23/h3-4H,2,5-15H2,1H3,(H,20,24). The maximum atomic E-state index is 12.3. The van der Waals surface area contributed by atoms with Gasteiger partial charge in [-0.1, -0.05) is 6.92 Å². The lowest BCUT2D eigenvalue weighted by molar-refractivity contribution is -0.137. The van der Waals surface area contributed by atoms with Gasteiger partial charge in [0.05, 0.1) is 32.8 Å². The first kappa shape index (κ1) is 20.3. The molecule has 2 amide bonds. The third kappa shape index (κ3) is 6.27. The van der Waals surface area contributed by atoms with Gasteiger partial charge in [-0.25, -0.2) is 0 Å². The van der Waals surface area contributed by atoms with Gasteiger partial charge < -0.3 is 15.0 Å². The van der Waals surface area contributed by atoms with Gasteiger partial charge in [-0.2, -0.15) is 0 Å². The van der Waals surface area contributed by atoms with Crippen LogP contribution in [-0.4, -0.2) is 92.1 Å². The van der Waals surface area contributed by atoms with E-state index in [1.54, 1.807) is 11.3 Å². The first-order chi connectivity index (χ1) is 13.1. The lowest BCUT2D eigenvalue weighted by atomic mass is 10.3. The molecule has 1 N–H and O–H groups in total. The van der Waals surface area contributed by atoms with Crippen LogP contribution in [0.2, 0.25) is 0 Å². The Balaban J connectivity index is 1.32. The average Bonchev–Trinajstić information content (AvgIpc) is 3.17. The highest BCUT2D eigenvalue weighted by Gasteiger charge is 2.23. The van der Waals surface area contributed by atoms with E-state index in [0.717, 1.165) is 32.6 Å². The van der Waals surface area contributed by atoms with Crippen molar-refractivity contribution in [3.8, 4) is 0 Å². The molecule has 0 saturated carbocycles. The maximum absolute atomic E-state index is 12.3. The molecule has 8 heteroatoms. The van der Waals surface area contributed by atoms with Crippen LogP contribution < -0.4 is 5.32 Å². The second-order valence-corrected chi connectivity index (χ2v) is 8.30. The molecule has 1 aromatic heterocycles. The van der Waals surface area contributed by atoms with Gasteiger partial charge in [-0.3, -0.25) is 19.4 Å². The van der Waals surface area contributed by atoms with Crippen LogP contribution in [0.5, 0.6) is 0 Å². The van der Waals surface area contributed by atoms with E-state index < -0.39 is 0 Å². The van der Waals surface area contributed by atoms with Crippen molar-refractivity contribution in [1.82, 2.24) is 20.0 Å². The van der Waals surface area contributed by atoms with Crippen LogP contribution in [0.3, 0.4) is 0 Å². The Hall–Kier alpha value is -1.48. The highest BCUT2D eigenvalue weighted by atomic mass is 32.1. The number of ether oxygens (including phenoxy) is 1. The number of carbonyl (C=O) groups is 2. The Kier molecular flexibility index (Phi) is 7.63. The summed E-state index contributed by atoms with van der Waals surface area (Å²) in [6, 6.07) is 4.22. The lowest BCUT2D eigenvalue weighted by Gasteiger charge is -2.35. The number of morpholine rings is 1. The molecule has 0 bridgehead atoms. The number of amides is 2. The molecule has 2 aliphatic rings. The summed E-state index contributed by atoms with van der Waals surface area (Å²) >= 11 is 1.76. The van der Waals surface area contributed by atoms with E-state index in [9.17, 15) is 9.59 Å². The molecule has 7 nitrogen and oxygen atoms in total. The van der Waals surface area contributed by atoms with E-state index in [1.807, 2.05) is 4.90 Å². The van der Waals surface area contributed by atoms with E-state index >= 15 is 0 Å². The van der Waals surface area contributed by atoms with Crippen LogP contribution in [0.15, 0.2) is 12.1 Å². The van der Waals surface area contributed by atoms with Gasteiger partial charge in [0.15, 0.2) is 0 Å². The van der Waals surface area contributed by atoms with Crippen molar-refractivity contribution < 1.29 is 14.3 Å². The molecule has 1 aromatic rings. The van der Waals surface area contributed by atoms with Gasteiger partial charge >= 0.3 is 0 Å². The number of nitrogens with one attached hydrogen (secondary N) is 1. The Labute approximate surface area is 165 Å².